The molecule has 0 aliphatic heterocycles. The third kappa shape index (κ3) is 8.13. The number of aliphatic hydroxyl groups excluding tert-OH is 1. The molecule has 0 radical (unpaired) electrons. The number of nitrogens with one attached hydrogen (secondary N) is 2. The standard InChI is InChI=1S/C25H27F5N2O6/c1-24(2,3)38-23(36)31-16(12-13-8-6-5-7-9-13)20(33)21(34)32-19(22(35)37-4)14-10-11-15(26)17(18(14)27)25(28,29)30/h5-11,16,19-20,33H,12H2,1-4H3,(H,31,36)(H,32,34)/t16-,19?,20+/m1/s1. The fraction of sp³-hybridized carbons (Fsp3) is 0.400. The molecule has 208 valence electrons. The van der Waals surface area contributed by atoms with Crippen LogP contribution in [0.25, 0.3) is 0 Å². The first-order valence-corrected chi connectivity index (χ1v) is 11.2. The molecule has 2 rings (SSSR count). The monoisotopic (exact) mass is 546 g/mol. The van der Waals surface area contributed by atoms with Gasteiger partial charge in [0.25, 0.3) is 5.91 Å². The Morgan fingerprint density at radius 3 is 2.11 bits per heavy atom. The van der Waals surface area contributed by atoms with Gasteiger partial charge in [-0.15, -0.1) is 0 Å². The maximum atomic E-state index is 14.7. The second-order valence-corrected chi connectivity index (χ2v) is 9.18. The Bertz CT molecular complexity index is 1150. The van der Waals surface area contributed by atoms with Crippen LogP contribution >= 0.6 is 0 Å². The summed E-state index contributed by atoms with van der Waals surface area (Å²) in [5.41, 5.74) is -3.68. The van der Waals surface area contributed by atoms with Crippen LogP contribution in [-0.2, 0) is 31.7 Å². The number of halogens is 5. The Hall–Kier alpha value is -3.74. The summed E-state index contributed by atoms with van der Waals surface area (Å²) in [7, 11) is 0.826. The SMILES string of the molecule is COC(=O)C(NC(=O)[C@@H](O)[C@@H](Cc1ccccc1)NC(=O)OC(C)(C)C)c1ccc(F)c(C(F)(F)F)c1F. The molecule has 0 fully saturated rings. The van der Waals surface area contributed by atoms with Crippen molar-refractivity contribution in [2.75, 3.05) is 7.11 Å². The predicted molar refractivity (Wildman–Crippen MR) is 124 cm³/mol. The maximum absolute atomic E-state index is 14.7. The Morgan fingerprint density at radius 1 is 0.974 bits per heavy atom. The molecular weight excluding hydrogens is 519 g/mol. The number of carbonyl (C=O) groups is 3. The van der Waals surface area contributed by atoms with Crippen LogP contribution in [0.3, 0.4) is 0 Å². The fourth-order valence-corrected chi connectivity index (χ4v) is 3.41. The van der Waals surface area contributed by atoms with E-state index in [1.54, 1.807) is 51.1 Å². The van der Waals surface area contributed by atoms with Gasteiger partial charge in [0.05, 0.1) is 13.2 Å². The van der Waals surface area contributed by atoms with E-state index in [2.05, 4.69) is 10.1 Å². The van der Waals surface area contributed by atoms with Crippen molar-refractivity contribution in [3.05, 3.63) is 70.8 Å². The Labute approximate surface area is 215 Å². The van der Waals surface area contributed by atoms with Crippen LogP contribution in [0.4, 0.5) is 26.7 Å². The topological polar surface area (TPSA) is 114 Å². The lowest BCUT2D eigenvalue weighted by atomic mass is 9.98. The summed E-state index contributed by atoms with van der Waals surface area (Å²) >= 11 is 0. The van der Waals surface area contributed by atoms with Crippen LogP contribution in [0.2, 0.25) is 0 Å². The first-order valence-electron chi connectivity index (χ1n) is 11.2. The van der Waals surface area contributed by atoms with Crippen LogP contribution in [0, 0.1) is 11.6 Å². The van der Waals surface area contributed by atoms with Gasteiger partial charge in [-0.1, -0.05) is 36.4 Å². The van der Waals surface area contributed by atoms with E-state index < -0.39 is 70.7 Å². The van der Waals surface area contributed by atoms with Gasteiger partial charge in [0, 0.05) is 5.56 Å². The van der Waals surface area contributed by atoms with Crippen LogP contribution in [0.1, 0.15) is 43.5 Å². The van der Waals surface area contributed by atoms with Gasteiger partial charge in [-0.3, -0.25) is 4.79 Å². The van der Waals surface area contributed by atoms with Crippen molar-refractivity contribution in [2.45, 2.75) is 57.2 Å². The largest absolute Gasteiger partial charge is 0.467 e. The molecule has 0 heterocycles. The number of hydrogen-bond donors (Lipinski definition) is 3. The molecule has 2 amide bonds. The molecule has 38 heavy (non-hydrogen) atoms. The number of rotatable bonds is 8. The number of hydrogen-bond acceptors (Lipinski definition) is 6. The van der Waals surface area contributed by atoms with Gasteiger partial charge in [0.1, 0.15) is 22.8 Å². The third-order valence-corrected chi connectivity index (χ3v) is 5.09. The van der Waals surface area contributed by atoms with Crippen LogP contribution in [0.5, 0.6) is 0 Å². The van der Waals surface area contributed by atoms with Gasteiger partial charge in [-0.05, 0) is 38.8 Å². The number of amides is 2. The molecule has 2 aromatic carbocycles. The zero-order valence-electron chi connectivity index (χ0n) is 20.9. The number of alkyl carbamates (subject to hydrolysis) is 1. The van der Waals surface area contributed by atoms with E-state index >= 15 is 0 Å². The number of alkyl halides is 3. The van der Waals surface area contributed by atoms with E-state index in [0.29, 0.717) is 11.6 Å². The molecule has 3 atom stereocenters. The van der Waals surface area contributed by atoms with E-state index in [1.165, 1.54) is 0 Å². The normalized spacial score (nSPS) is 14.2. The average Bonchev–Trinajstić information content (AvgIpc) is 2.80. The Balaban J connectivity index is 2.40. The minimum Gasteiger partial charge on any atom is -0.467 e. The highest BCUT2D eigenvalue weighted by Crippen LogP contribution is 2.36. The number of aliphatic hydroxyl groups is 1. The summed E-state index contributed by atoms with van der Waals surface area (Å²) in [6.45, 7) is 4.74. The molecule has 2 aromatic rings. The molecule has 0 aromatic heterocycles. The summed E-state index contributed by atoms with van der Waals surface area (Å²) in [5, 5.41) is 15.0. The molecule has 0 aliphatic rings. The van der Waals surface area contributed by atoms with Gasteiger partial charge >= 0.3 is 18.2 Å². The van der Waals surface area contributed by atoms with Crippen molar-refractivity contribution in [1.82, 2.24) is 10.6 Å². The lowest BCUT2D eigenvalue weighted by molar-refractivity contribution is -0.147. The Kier molecular flexibility index (Phi) is 9.79. The summed E-state index contributed by atoms with van der Waals surface area (Å²) in [5.74, 6) is -6.84. The molecule has 13 heteroatoms. The molecule has 0 spiro atoms. The second kappa shape index (κ2) is 12.2. The third-order valence-electron chi connectivity index (χ3n) is 5.09. The second-order valence-electron chi connectivity index (χ2n) is 9.18. The first-order chi connectivity index (χ1) is 17.5. The maximum Gasteiger partial charge on any atom is 0.422 e. The molecule has 8 nitrogen and oxygen atoms in total. The summed E-state index contributed by atoms with van der Waals surface area (Å²) in [4.78, 5) is 37.6. The summed E-state index contributed by atoms with van der Waals surface area (Å²) in [6, 6.07) is 5.57. The van der Waals surface area contributed by atoms with Crippen LogP contribution in [-0.4, -0.2) is 47.9 Å². The molecule has 3 N–H and O–H groups in total. The molecule has 0 bridgehead atoms. The number of ether oxygens (including phenoxy) is 2. The van der Waals surface area contributed by atoms with Crippen molar-refractivity contribution in [3.8, 4) is 0 Å². The number of esters is 1. The van der Waals surface area contributed by atoms with Crippen molar-refractivity contribution in [3.63, 3.8) is 0 Å². The predicted octanol–water partition coefficient (Wildman–Crippen LogP) is 3.81. The highest BCUT2D eigenvalue weighted by atomic mass is 19.4. The van der Waals surface area contributed by atoms with E-state index in [-0.39, 0.29) is 12.5 Å². The molecule has 0 aliphatic carbocycles. The minimum atomic E-state index is -5.45. The molecule has 0 saturated carbocycles. The molecular formula is C25H27F5N2O6. The van der Waals surface area contributed by atoms with Gasteiger partial charge in [-0.2, -0.15) is 13.2 Å². The van der Waals surface area contributed by atoms with Crippen molar-refractivity contribution >= 4 is 18.0 Å². The van der Waals surface area contributed by atoms with Gasteiger partial charge < -0.3 is 25.2 Å². The molecule has 0 saturated heterocycles. The van der Waals surface area contributed by atoms with E-state index in [9.17, 15) is 41.4 Å². The lowest BCUT2D eigenvalue weighted by Gasteiger charge is -2.27. The van der Waals surface area contributed by atoms with Crippen molar-refractivity contribution < 1.29 is 50.9 Å². The highest BCUT2D eigenvalue weighted by molar-refractivity contribution is 5.88. The first kappa shape index (κ1) is 30.5. The molecule has 1 unspecified atom stereocenters. The zero-order valence-corrected chi connectivity index (χ0v) is 20.9. The van der Waals surface area contributed by atoms with Crippen LogP contribution < -0.4 is 10.6 Å². The quantitative estimate of drug-likeness (QED) is 0.343. The number of carbonyl (C=O) groups excluding carboxylic acids is 3. The van der Waals surface area contributed by atoms with Crippen LogP contribution in [0.15, 0.2) is 42.5 Å². The minimum absolute atomic E-state index is 0.110. The fourth-order valence-electron chi connectivity index (χ4n) is 3.41. The number of benzene rings is 2. The van der Waals surface area contributed by atoms with Gasteiger partial charge in [0.2, 0.25) is 0 Å². The zero-order chi connectivity index (χ0) is 28.8. The average molecular weight is 546 g/mol. The highest BCUT2D eigenvalue weighted by Gasteiger charge is 2.41. The Morgan fingerprint density at radius 2 is 1.58 bits per heavy atom. The van der Waals surface area contributed by atoms with Gasteiger partial charge in [-0.25, -0.2) is 18.4 Å². The summed E-state index contributed by atoms with van der Waals surface area (Å²) < 4.78 is 77.7. The summed E-state index contributed by atoms with van der Waals surface area (Å²) in [6.07, 6.45) is -8.65. The van der Waals surface area contributed by atoms with E-state index in [0.717, 1.165) is 7.11 Å². The van der Waals surface area contributed by atoms with E-state index in [4.69, 9.17) is 4.74 Å². The lowest BCUT2D eigenvalue weighted by Crippen LogP contribution is -2.53. The van der Waals surface area contributed by atoms with E-state index in [1.807, 2.05) is 5.32 Å². The van der Waals surface area contributed by atoms with Crippen molar-refractivity contribution in [1.29, 1.82) is 0 Å². The van der Waals surface area contributed by atoms with Gasteiger partial charge in [0.15, 0.2) is 12.1 Å². The van der Waals surface area contributed by atoms with Crippen molar-refractivity contribution in [2.24, 2.45) is 0 Å². The smallest absolute Gasteiger partial charge is 0.422 e. The number of methoxy groups -OCH3 is 1.